The van der Waals surface area contributed by atoms with Gasteiger partial charge in [-0.05, 0) is 56.2 Å². The van der Waals surface area contributed by atoms with Crippen molar-refractivity contribution in [2.45, 2.75) is 45.1 Å². The minimum atomic E-state index is -0.212. The van der Waals surface area contributed by atoms with Gasteiger partial charge in [0.25, 0.3) is 11.8 Å². The van der Waals surface area contributed by atoms with E-state index in [0.29, 0.717) is 22.9 Å². The molecule has 2 amide bonds. The van der Waals surface area contributed by atoms with Crippen molar-refractivity contribution >= 4 is 17.5 Å². The van der Waals surface area contributed by atoms with E-state index < -0.39 is 0 Å². The maximum absolute atomic E-state index is 12.7. The molecule has 0 spiro atoms. The van der Waals surface area contributed by atoms with Crippen LogP contribution in [0.5, 0.6) is 0 Å². The summed E-state index contributed by atoms with van der Waals surface area (Å²) in [5.74, 6) is -0.173. The van der Waals surface area contributed by atoms with Crippen LogP contribution in [0.15, 0.2) is 42.6 Å². The molecule has 26 heavy (non-hydrogen) atoms. The molecule has 1 aromatic heterocycles. The number of nitrogens with one attached hydrogen (secondary N) is 1. The van der Waals surface area contributed by atoms with Crippen molar-refractivity contribution in [3.8, 4) is 0 Å². The normalized spacial score (nSPS) is 14.7. The van der Waals surface area contributed by atoms with Crippen LogP contribution in [0.2, 0.25) is 0 Å². The monoisotopic (exact) mass is 351 g/mol. The lowest BCUT2D eigenvalue weighted by Gasteiger charge is -2.31. The fourth-order valence-corrected chi connectivity index (χ4v) is 3.34. The van der Waals surface area contributed by atoms with Crippen LogP contribution in [0.1, 0.15) is 58.5 Å². The van der Waals surface area contributed by atoms with E-state index in [1.54, 1.807) is 42.6 Å². The van der Waals surface area contributed by atoms with Crippen molar-refractivity contribution in [3.05, 3.63) is 59.4 Å². The number of amides is 2. The Balaban J connectivity index is 1.63. The maximum Gasteiger partial charge on any atom is 0.257 e. The molecule has 0 bridgehead atoms. The molecule has 1 fully saturated rings. The second kappa shape index (κ2) is 8.13. The molecular formula is C21H25N3O2. The number of rotatable bonds is 4. The number of aryl methyl sites for hydroxylation is 1. The molecule has 1 aliphatic carbocycles. The molecule has 2 aromatic rings. The molecule has 0 unspecified atom stereocenters. The molecule has 0 atom stereocenters. The van der Waals surface area contributed by atoms with Crippen LogP contribution in [-0.2, 0) is 0 Å². The standard InChI is InChI=1S/C21H25N3O2/c1-15-8-9-17(14-22-15)20(25)23-18-12-10-16(11-13-18)21(26)24(2)19-6-4-3-5-7-19/h8-14,19H,3-7H2,1-2H3,(H,23,25). The summed E-state index contributed by atoms with van der Waals surface area (Å²) in [7, 11) is 1.89. The molecule has 1 heterocycles. The van der Waals surface area contributed by atoms with Crippen molar-refractivity contribution in [1.29, 1.82) is 0 Å². The number of hydrogen-bond donors (Lipinski definition) is 1. The Labute approximate surface area is 154 Å². The number of benzene rings is 1. The lowest BCUT2D eigenvalue weighted by atomic mass is 9.94. The van der Waals surface area contributed by atoms with Crippen LogP contribution in [0.25, 0.3) is 0 Å². The number of aromatic nitrogens is 1. The highest BCUT2D eigenvalue weighted by molar-refractivity contribution is 6.04. The van der Waals surface area contributed by atoms with Gasteiger partial charge in [0.2, 0.25) is 0 Å². The highest BCUT2D eigenvalue weighted by Crippen LogP contribution is 2.23. The molecule has 0 aliphatic heterocycles. The Morgan fingerprint density at radius 1 is 1.00 bits per heavy atom. The zero-order valence-corrected chi connectivity index (χ0v) is 15.4. The number of hydrogen-bond acceptors (Lipinski definition) is 3. The zero-order valence-electron chi connectivity index (χ0n) is 15.4. The van der Waals surface area contributed by atoms with Gasteiger partial charge in [0.1, 0.15) is 0 Å². The molecule has 5 heteroatoms. The summed E-state index contributed by atoms with van der Waals surface area (Å²) in [4.78, 5) is 30.9. The molecule has 3 rings (SSSR count). The third-order valence-corrected chi connectivity index (χ3v) is 5.01. The van der Waals surface area contributed by atoms with Crippen LogP contribution in [0.3, 0.4) is 0 Å². The van der Waals surface area contributed by atoms with Crippen molar-refractivity contribution in [1.82, 2.24) is 9.88 Å². The second-order valence-corrected chi connectivity index (χ2v) is 6.93. The van der Waals surface area contributed by atoms with Gasteiger partial charge in [-0.25, -0.2) is 0 Å². The van der Waals surface area contributed by atoms with E-state index in [1.165, 1.54) is 19.3 Å². The number of pyridine rings is 1. The van der Waals surface area contributed by atoms with Crippen LogP contribution in [-0.4, -0.2) is 34.8 Å². The van der Waals surface area contributed by atoms with Gasteiger partial charge >= 0.3 is 0 Å². The third kappa shape index (κ3) is 4.28. The summed E-state index contributed by atoms with van der Waals surface area (Å²) in [6.45, 7) is 1.88. The van der Waals surface area contributed by atoms with Crippen molar-refractivity contribution in [2.75, 3.05) is 12.4 Å². The van der Waals surface area contributed by atoms with Gasteiger partial charge in [0, 0.05) is 36.2 Å². The van der Waals surface area contributed by atoms with Gasteiger partial charge in [-0.15, -0.1) is 0 Å². The van der Waals surface area contributed by atoms with E-state index in [9.17, 15) is 9.59 Å². The van der Waals surface area contributed by atoms with Crippen molar-refractivity contribution in [3.63, 3.8) is 0 Å². The first-order valence-corrected chi connectivity index (χ1v) is 9.16. The van der Waals surface area contributed by atoms with Crippen LogP contribution in [0, 0.1) is 6.92 Å². The molecule has 0 radical (unpaired) electrons. The van der Waals surface area contributed by atoms with Gasteiger partial charge < -0.3 is 10.2 Å². The first-order valence-electron chi connectivity index (χ1n) is 9.16. The van der Waals surface area contributed by atoms with Gasteiger partial charge in [-0.2, -0.15) is 0 Å². The van der Waals surface area contributed by atoms with Gasteiger partial charge in [-0.1, -0.05) is 19.3 Å². The summed E-state index contributed by atoms with van der Waals surface area (Å²) in [5, 5.41) is 2.83. The molecule has 0 saturated heterocycles. The highest BCUT2D eigenvalue weighted by Gasteiger charge is 2.22. The summed E-state index contributed by atoms with van der Waals surface area (Å²) in [6.07, 6.45) is 7.38. The van der Waals surface area contributed by atoms with Gasteiger partial charge in [-0.3, -0.25) is 14.6 Å². The van der Waals surface area contributed by atoms with Gasteiger partial charge in [0.15, 0.2) is 0 Å². The summed E-state index contributed by atoms with van der Waals surface area (Å²) >= 11 is 0. The van der Waals surface area contributed by atoms with E-state index in [1.807, 2.05) is 18.9 Å². The minimum Gasteiger partial charge on any atom is -0.339 e. The Kier molecular flexibility index (Phi) is 5.66. The fraction of sp³-hybridized carbons (Fsp3) is 0.381. The first-order chi connectivity index (χ1) is 12.5. The Morgan fingerprint density at radius 2 is 1.65 bits per heavy atom. The van der Waals surface area contributed by atoms with Crippen LogP contribution >= 0.6 is 0 Å². The van der Waals surface area contributed by atoms with Crippen molar-refractivity contribution in [2.24, 2.45) is 0 Å². The van der Waals surface area contributed by atoms with Crippen LogP contribution < -0.4 is 5.32 Å². The predicted molar refractivity (Wildman–Crippen MR) is 102 cm³/mol. The average molecular weight is 351 g/mol. The third-order valence-electron chi connectivity index (χ3n) is 5.01. The zero-order chi connectivity index (χ0) is 18.5. The smallest absolute Gasteiger partial charge is 0.257 e. The highest BCUT2D eigenvalue weighted by atomic mass is 16.2. The quantitative estimate of drug-likeness (QED) is 0.904. The van der Waals surface area contributed by atoms with E-state index in [2.05, 4.69) is 10.3 Å². The van der Waals surface area contributed by atoms with Crippen molar-refractivity contribution < 1.29 is 9.59 Å². The Bertz CT molecular complexity index is 763. The molecule has 1 saturated carbocycles. The van der Waals surface area contributed by atoms with Crippen LogP contribution in [0.4, 0.5) is 5.69 Å². The molecule has 136 valence electrons. The number of carbonyl (C=O) groups excluding carboxylic acids is 2. The number of carbonyl (C=O) groups is 2. The first kappa shape index (κ1) is 18.1. The largest absolute Gasteiger partial charge is 0.339 e. The SMILES string of the molecule is Cc1ccc(C(=O)Nc2ccc(C(=O)N(C)C3CCCCC3)cc2)cn1. The topological polar surface area (TPSA) is 62.3 Å². The van der Waals surface area contributed by atoms with E-state index in [-0.39, 0.29) is 11.8 Å². The fourth-order valence-electron chi connectivity index (χ4n) is 3.34. The Hall–Kier alpha value is -2.69. The molecular weight excluding hydrogens is 326 g/mol. The second-order valence-electron chi connectivity index (χ2n) is 6.93. The number of anilines is 1. The summed E-state index contributed by atoms with van der Waals surface area (Å²) in [5.41, 5.74) is 2.68. The van der Waals surface area contributed by atoms with Gasteiger partial charge in [0.05, 0.1) is 5.56 Å². The lowest BCUT2D eigenvalue weighted by Crippen LogP contribution is -2.38. The Morgan fingerprint density at radius 3 is 2.27 bits per heavy atom. The molecule has 5 nitrogen and oxygen atoms in total. The predicted octanol–water partition coefficient (Wildman–Crippen LogP) is 4.05. The van der Waals surface area contributed by atoms with E-state index in [4.69, 9.17) is 0 Å². The maximum atomic E-state index is 12.7. The molecule has 1 N–H and O–H groups in total. The minimum absolute atomic E-state index is 0.0394. The van der Waals surface area contributed by atoms with E-state index >= 15 is 0 Å². The number of nitrogens with zero attached hydrogens (tertiary/aromatic N) is 2. The molecule has 1 aromatic carbocycles. The molecule has 1 aliphatic rings. The summed E-state index contributed by atoms with van der Waals surface area (Å²) < 4.78 is 0. The summed E-state index contributed by atoms with van der Waals surface area (Å²) in [6, 6.07) is 11.0. The van der Waals surface area contributed by atoms with E-state index in [0.717, 1.165) is 18.5 Å². The average Bonchev–Trinajstić information content (AvgIpc) is 2.68. The lowest BCUT2D eigenvalue weighted by molar-refractivity contribution is 0.0696.